The molecular formula is C17H28O8. The lowest BCUT2D eigenvalue weighted by atomic mass is 9.65. The van der Waals surface area contributed by atoms with Gasteiger partial charge in [-0.1, -0.05) is 40.0 Å². The van der Waals surface area contributed by atoms with Crippen LogP contribution in [0.4, 0.5) is 0 Å². The summed E-state index contributed by atoms with van der Waals surface area (Å²) in [4.78, 5) is 47.3. The Morgan fingerprint density at radius 2 is 1.24 bits per heavy atom. The number of carboxylic acid groups (broad SMARTS) is 3. The minimum absolute atomic E-state index is 0.347. The minimum atomic E-state index is -3.20. The first-order chi connectivity index (χ1) is 11.5. The lowest BCUT2D eigenvalue weighted by molar-refractivity contribution is -0.183. The molecule has 0 rings (SSSR count). The first-order valence-corrected chi connectivity index (χ1v) is 8.47. The van der Waals surface area contributed by atoms with Crippen molar-refractivity contribution < 1.29 is 39.6 Å². The Bertz CT molecular complexity index is 496. The van der Waals surface area contributed by atoms with Gasteiger partial charge in [0.15, 0.2) is 17.3 Å². The molecule has 0 aromatic carbocycles. The molecule has 0 spiro atoms. The summed E-state index contributed by atoms with van der Waals surface area (Å²) in [6, 6.07) is 0. The van der Waals surface area contributed by atoms with Gasteiger partial charge in [-0.2, -0.15) is 0 Å². The maximum absolute atomic E-state index is 13.1. The van der Waals surface area contributed by atoms with Gasteiger partial charge in [-0.3, -0.25) is 14.4 Å². The summed E-state index contributed by atoms with van der Waals surface area (Å²) in [6.45, 7) is 5.47. The lowest BCUT2D eigenvalue weighted by Gasteiger charge is -2.37. The van der Waals surface area contributed by atoms with Crippen LogP contribution in [0.5, 0.6) is 0 Å². The number of aliphatic carboxylic acids is 3. The zero-order valence-corrected chi connectivity index (χ0v) is 14.9. The molecule has 2 unspecified atom stereocenters. The van der Waals surface area contributed by atoms with Gasteiger partial charge >= 0.3 is 17.9 Å². The SMILES string of the molecule is CCCC(CCC)(CCC)C(=O)C(C(=O)O)C(O)(CC(=O)O)C(=O)O. The highest BCUT2D eigenvalue weighted by Gasteiger charge is 2.57. The number of Topliss-reactive ketones (excluding diaryl/α,β-unsaturated/α-hetero) is 1. The Kier molecular flexibility index (Phi) is 8.76. The monoisotopic (exact) mass is 360 g/mol. The normalized spacial score (nSPS) is 15.2. The first-order valence-electron chi connectivity index (χ1n) is 8.47. The fraction of sp³-hybridized carbons (Fsp3) is 0.765. The highest BCUT2D eigenvalue weighted by atomic mass is 16.4. The number of hydrogen-bond donors (Lipinski definition) is 4. The average molecular weight is 360 g/mol. The van der Waals surface area contributed by atoms with Crippen LogP contribution in [-0.2, 0) is 19.2 Å². The number of carbonyl (C=O) groups is 4. The minimum Gasteiger partial charge on any atom is -0.481 e. The molecule has 0 aliphatic heterocycles. The van der Waals surface area contributed by atoms with Crippen LogP contribution in [-0.4, -0.2) is 49.7 Å². The summed E-state index contributed by atoms with van der Waals surface area (Å²) < 4.78 is 0. The van der Waals surface area contributed by atoms with Crippen molar-refractivity contribution in [1.82, 2.24) is 0 Å². The number of carboxylic acids is 3. The van der Waals surface area contributed by atoms with E-state index in [1.165, 1.54) is 0 Å². The quantitative estimate of drug-likeness (QED) is 0.364. The Hall–Kier alpha value is -1.96. The van der Waals surface area contributed by atoms with E-state index in [0.717, 1.165) is 0 Å². The highest BCUT2D eigenvalue weighted by Crippen LogP contribution is 2.41. The summed E-state index contributed by atoms with van der Waals surface area (Å²) >= 11 is 0. The van der Waals surface area contributed by atoms with E-state index in [1.807, 2.05) is 20.8 Å². The van der Waals surface area contributed by atoms with Crippen LogP contribution in [0.2, 0.25) is 0 Å². The average Bonchev–Trinajstić information content (AvgIpc) is 2.46. The van der Waals surface area contributed by atoms with Crippen LogP contribution < -0.4 is 0 Å². The van der Waals surface area contributed by atoms with Gasteiger partial charge < -0.3 is 20.4 Å². The molecule has 0 aliphatic rings. The molecule has 0 aromatic rings. The molecule has 25 heavy (non-hydrogen) atoms. The summed E-state index contributed by atoms with van der Waals surface area (Å²) in [5.74, 6) is -8.81. The molecule has 2 atom stereocenters. The van der Waals surface area contributed by atoms with Crippen molar-refractivity contribution >= 4 is 23.7 Å². The van der Waals surface area contributed by atoms with E-state index in [-0.39, 0.29) is 0 Å². The van der Waals surface area contributed by atoms with Crippen LogP contribution in [0.3, 0.4) is 0 Å². The lowest BCUT2D eigenvalue weighted by Crippen LogP contribution is -2.57. The third kappa shape index (κ3) is 5.26. The van der Waals surface area contributed by atoms with Crippen LogP contribution >= 0.6 is 0 Å². The standard InChI is InChI=1S/C17H28O8/c1-4-7-16(8-5-2,9-6-3)13(20)12(14(21)22)17(25,15(23)24)10-11(18)19/h12,25H,4-10H2,1-3H3,(H,18,19)(H,21,22)(H,23,24). The zero-order chi connectivity index (χ0) is 19.8. The third-order valence-electron chi connectivity index (χ3n) is 4.49. The molecule has 0 aromatic heterocycles. The van der Waals surface area contributed by atoms with Crippen LogP contribution in [0.1, 0.15) is 65.7 Å². The van der Waals surface area contributed by atoms with Gasteiger partial charge in [0.25, 0.3) is 0 Å². The zero-order valence-electron chi connectivity index (χ0n) is 14.9. The van der Waals surface area contributed by atoms with Crippen molar-refractivity contribution in [3.63, 3.8) is 0 Å². The van der Waals surface area contributed by atoms with Crippen LogP contribution in [0.25, 0.3) is 0 Å². The van der Waals surface area contributed by atoms with Crippen LogP contribution in [0, 0.1) is 11.3 Å². The number of carbonyl (C=O) groups excluding carboxylic acids is 1. The predicted octanol–water partition coefficient (Wildman–Crippen LogP) is 1.93. The van der Waals surface area contributed by atoms with Crippen LogP contribution in [0.15, 0.2) is 0 Å². The Labute approximate surface area is 146 Å². The summed E-state index contributed by atoms with van der Waals surface area (Å²) in [6.07, 6.45) is 1.39. The molecule has 8 heteroatoms. The van der Waals surface area contributed by atoms with Gasteiger partial charge in [0.1, 0.15) is 0 Å². The van der Waals surface area contributed by atoms with Gasteiger partial charge in [0, 0.05) is 5.41 Å². The Morgan fingerprint density at radius 1 is 0.840 bits per heavy atom. The second-order valence-electron chi connectivity index (χ2n) is 6.47. The third-order valence-corrected chi connectivity index (χ3v) is 4.49. The molecule has 0 radical (unpaired) electrons. The molecule has 0 saturated heterocycles. The maximum atomic E-state index is 13.1. The fourth-order valence-electron chi connectivity index (χ4n) is 3.55. The number of rotatable bonds is 13. The predicted molar refractivity (Wildman–Crippen MR) is 88.1 cm³/mol. The number of ketones is 1. The molecule has 0 fully saturated rings. The fourth-order valence-corrected chi connectivity index (χ4v) is 3.55. The number of aliphatic hydroxyl groups is 1. The highest BCUT2D eigenvalue weighted by molar-refractivity contribution is 6.07. The summed E-state index contributed by atoms with van der Waals surface area (Å²) in [5, 5.41) is 38.0. The van der Waals surface area contributed by atoms with Crippen molar-refractivity contribution in [1.29, 1.82) is 0 Å². The molecule has 0 bridgehead atoms. The Morgan fingerprint density at radius 3 is 1.48 bits per heavy atom. The first kappa shape index (κ1) is 23.0. The van der Waals surface area contributed by atoms with Gasteiger partial charge in [0.2, 0.25) is 0 Å². The molecule has 144 valence electrons. The van der Waals surface area contributed by atoms with Gasteiger partial charge in [-0.05, 0) is 19.3 Å². The van der Waals surface area contributed by atoms with Gasteiger partial charge in [-0.15, -0.1) is 0 Å². The number of hydrogen-bond acceptors (Lipinski definition) is 5. The molecule has 0 aliphatic carbocycles. The van der Waals surface area contributed by atoms with E-state index < -0.39 is 47.0 Å². The molecular weight excluding hydrogens is 332 g/mol. The maximum Gasteiger partial charge on any atom is 0.337 e. The van der Waals surface area contributed by atoms with Crippen molar-refractivity contribution in [2.45, 2.75) is 71.3 Å². The summed E-state index contributed by atoms with van der Waals surface area (Å²) in [5.41, 5.74) is -4.29. The van der Waals surface area contributed by atoms with E-state index in [0.29, 0.717) is 38.5 Å². The van der Waals surface area contributed by atoms with Crippen molar-refractivity contribution in [2.24, 2.45) is 11.3 Å². The topological polar surface area (TPSA) is 149 Å². The second-order valence-corrected chi connectivity index (χ2v) is 6.47. The van der Waals surface area contributed by atoms with Gasteiger partial charge in [-0.25, -0.2) is 4.79 Å². The van der Waals surface area contributed by atoms with E-state index in [2.05, 4.69) is 0 Å². The molecule has 8 nitrogen and oxygen atoms in total. The molecule has 0 saturated carbocycles. The van der Waals surface area contributed by atoms with E-state index >= 15 is 0 Å². The smallest absolute Gasteiger partial charge is 0.337 e. The van der Waals surface area contributed by atoms with E-state index in [1.54, 1.807) is 0 Å². The molecule has 4 N–H and O–H groups in total. The van der Waals surface area contributed by atoms with E-state index in [9.17, 15) is 34.5 Å². The second kappa shape index (κ2) is 9.50. The van der Waals surface area contributed by atoms with Crippen molar-refractivity contribution in [3.05, 3.63) is 0 Å². The van der Waals surface area contributed by atoms with Crippen molar-refractivity contribution in [3.8, 4) is 0 Å². The van der Waals surface area contributed by atoms with Gasteiger partial charge in [0.05, 0.1) is 6.42 Å². The molecule has 0 heterocycles. The largest absolute Gasteiger partial charge is 0.481 e. The molecule has 0 amide bonds. The van der Waals surface area contributed by atoms with Crippen molar-refractivity contribution in [2.75, 3.05) is 0 Å². The Balaban J connectivity index is 6.27. The summed E-state index contributed by atoms with van der Waals surface area (Å²) in [7, 11) is 0. The van der Waals surface area contributed by atoms with E-state index in [4.69, 9.17) is 5.11 Å².